The van der Waals surface area contributed by atoms with E-state index in [1.54, 1.807) is 11.3 Å². The molecule has 1 aromatic heterocycles. The van der Waals surface area contributed by atoms with E-state index < -0.39 is 0 Å². The molecule has 134 valence electrons. The second kappa shape index (κ2) is 9.17. The van der Waals surface area contributed by atoms with Gasteiger partial charge in [-0.15, -0.1) is 11.3 Å². The Morgan fingerprint density at radius 3 is 2.92 bits per heavy atom. The lowest BCUT2D eigenvalue weighted by molar-refractivity contribution is -0.127. The Morgan fingerprint density at radius 1 is 1.32 bits per heavy atom. The third-order valence-electron chi connectivity index (χ3n) is 4.03. The first kappa shape index (κ1) is 18.2. The van der Waals surface area contributed by atoms with Crippen molar-refractivity contribution in [1.82, 2.24) is 15.2 Å². The number of ether oxygens (including phenoxy) is 1. The van der Waals surface area contributed by atoms with Crippen LogP contribution in [0.2, 0.25) is 5.02 Å². The Bertz CT molecular complexity index is 690. The van der Waals surface area contributed by atoms with E-state index in [1.807, 2.05) is 29.2 Å². The molecule has 0 atom stereocenters. The van der Waals surface area contributed by atoms with Crippen molar-refractivity contribution < 1.29 is 9.53 Å². The van der Waals surface area contributed by atoms with Crippen molar-refractivity contribution in [2.75, 3.05) is 19.6 Å². The quantitative estimate of drug-likeness (QED) is 0.678. The maximum absolute atomic E-state index is 11.5. The van der Waals surface area contributed by atoms with Gasteiger partial charge in [0.2, 0.25) is 5.91 Å². The Hall–Kier alpha value is -1.63. The normalized spacial score (nSPS) is 14.3. The number of likely N-dealkylation sites (tertiary alicyclic amines) is 1. The van der Waals surface area contributed by atoms with Crippen LogP contribution >= 0.6 is 22.9 Å². The van der Waals surface area contributed by atoms with Crippen molar-refractivity contribution in [3.05, 3.63) is 45.4 Å². The highest BCUT2D eigenvalue weighted by molar-refractivity contribution is 7.09. The number of nitrogens with zero attached hydrogens (tertiary/aromatic N) is 2. The molecule has 1 N–H and O–H groups in total. The van der Waals surface area contributed by atoms with Gasteiger partial charge in [0, 0.05) is 36.5 Å². The summed E-state index contributed by atoms with van der Waals surface area (Å²) in [6.07, 6.45) is 2.70. The van der Waals surface area contributed by atoms with Crippen LogP contribution in [0.4, 0.5) is 0 Å². The number of benzene rings is 1. The number of carbonyl (C=O) groups is 1. The van der Waals surface area contributed by atoms with Gasteiger partial charge in [-0.25, -0.2) is 4.98 Å². The molecule has 0 radical (unpaired) electrons. The molecule has 0 spiro atoms. The van der Waals surface area contributed by atoms with Crippen molar-refractivity contribution >= 4 is 28.8 Å². The lowest BCUT2D eigenvalue weighted by Gasteiger charge is -2.15. The molecule has 1 amide bonds. The fraction of sp³-hybridized carbons (Fsp3) is 0.444. The third kappa shape index (κ3) is 5.70. The van der Waals surface area contributed by atoms with Gasteiger partial charge in [-0.1, -0.05) is 11.6 Å². The molecule has 0 unspecified atom stereocenters. The summed E-state index contributed by atoms with van der Waals surface area (Å²) in [5.74, 6) is 1.08. The summed E-state index contributed by atoms with van der Waals surface area (Å²) in [7, 11) is 0. The lowest BCUT2D eigenvalue weighted by atomic mass is 10.3. The minimum Gasteiger partial charge on any atom is -0.486 e. The van der Waals surface area contributed by atoms with Crippen LogP contribution in [0, 0.1) is 0 Å². The molecule has 5 nitrogen and oxygen atoms in total. The van der Waals surface area contributed by atoms with Gasteiger partial charge in [-0.3, -0.25) is 4.79 Å². The number of hydrogen-bond acceptors (Lipinski definition) is 5. The molecule has 0 saturated carbocycles. The fourth-order valence-corrected chi connectivity index (χ4v) is 3.56. The first-order valence-corrected chi connectivity index (χ1v) is 9.76. The van der Waals surface area contributed by atoms with E-state index >= 15 is 0 Å². The average molecular weight is 380 g/mol. The summed E-state index contributed by atoms with van der Waals surface area (Å²) in [5, 5.41) is 7.09. The zero-order valence-electron chi connectivity index (χ0n) is 14.0. The lowest BCUT2D eigenvalue weighted by Crippen LogP contribution is -2.28. The van der Waals surface area contributed by atoms with E-state index in [4.69, 9.17) is 16.3 Å². The van der Waals surface area contributed by atoms with Gasteiger partial charge in [0.25, 0.3) is 0 Å². The van der Waals surface area contributed by atoms with E-state index in [-0.39, 0.29) is 0 Å². The number of halogens is 1. The Balaban J connectivity index is 1.32. The van der Waals surface area contributed by atoms with Gasteiger partial charge in [-0.05, 0) is 43.7 Å². The van der Waals surface area contributed by atoms with Crippen LogP contribution in [0.1, 0.15) is 30.0 Å². The van der Waals surface area contributed by atoms with Gasteiger partial charge in [0.1, 0.15) is 17.4 Å². The highest BCUT2D eigenvalue weighted by Crippen LogP contribution is 2.18. The second-order valence-electron chi connectivity index (χ2n) is 5.99. The molecule has 0 aliphatic carbocycles. The number of rotatable bonds is 9. The monoisotopic (exact) mass is 379 g/mol. The predicted octanol–water partition coefficient (Wildman–Crippen LogP) is 3.48. The maximum atomic E-state index is 11.5. The number of aromatic nitrogens is 1. The topological polar surface area (TPSA) is 54.5 Å². The Labute approximate surface area is 157 Å². The van der Waals surface area contributed by atoms with Gasteiger partial charge in [0.15, 0.2) is 0 Å². The molecular weight excluding hydrogens is 358 g/mol. The summed E-state index contributed by atoms with van der Waals surface area (Å²) >= 11 is 7.46. The van der Waals surface area contributed by atoms with Crippen LogP contribution in [0.25, 0.3) is 0 Å². The van der Waals surface area contributed by atoms with Crippen LogP contribution < -0.4 is 10.1 Å². The molecule has 0 bridgehead atoms. The molecule has 1 aliphatic rings. The zero-order chi connectivity index (χ0) is 17.5. The van der Waals surface area contributed by atoms with Crippen LogP contribution in [-0.4, -0.2) is 35.4 Å². The van der Waals surface area contributed by atoms with E-state index in [0.29, 0.717) is 24.0 Å². The predicted molar refractivity (Wildman–Crippen MR) is 100 cm³/mol. The Kier molecular flexibility index (Phi) is 6.67. The summed E-state index contributed by atoms with van der Waals surface area (Å²) < 4.78 is 5.70. The molecule has 1 fully saturated rings. The van der Waals surface area contributed by atoms with Crippen molar-refractivity contribution in [2.24, 2.45) is 0 Å². The van der Waals surface area contributed by atoms with Crippen LogP contribution in [-0.2, 0) is 17.9 Å². The van der Waals surface area contributed by atoms with Crippen molar-refractivity contribution in [3.63, 3.8) is 0 Å². The molecule has 2 heterocycles. The van der Waals surface area contributed by atoms with E-state index in [0.717, 1.165) is 55.5 Å². The van der Waals surface area contributed by atoms with Gasteiger partial charge in [-0.2, -0.15) is 0 Å². The summed E-state index contributed by atoms with van der Waals surface area (Å²) in [6.45, 7) is 3.86. The molecule has 7 heteroatoms. The zero-order valence-corrected chi connectivity index (χ0v) is 15.6. The van der Waals surface area contributed by atoms with E-state index in [9.17, 15) is 4.79 Å². The SMILES string of the molecule is O=C1CCCN1CCCNCc1csc(COc2ccc(Cl)cc2)n1. The number of amides is 1. The first-order chi connectivity index (χ1) is 12.2. The smallest absolute Gasteiger partial charge is 0.222 e. The van der Waals surface area contributed by atoms with Gasteiger partial charge >= 0.3 is 0 Å². The van der Waals surface area contributed by atoms with E-state index in [2.05, 4.69) is 15.7 Å². The first-order valence-electron chi connectivity index (χ1n) is 8.51. The van der Waals surface area contributed by atoms with Gasteiger partial charge < -0.3 is 15.0 Å². The fourth-order valence-electron chi connectivity index (χ4n) is 2.72. The largest absolute Gasteiger partial charge is 0.486 e. The number of carbonyl (C=O) groups excluding carboxylic acids is 1. The molecule has 25 heavy (non-hydrogen) atoms. The van der Waals surface area contributed by atoms with Crippen molar-refractivity contribution in [1.29, 1.82) is 0 Å². The maximum Gasteiger partial charge on any atom is 0.222 e. The van der Waals surface area contributed by atoms with Crippen LogP contribution in [0.3, 0.4) is 0 Å². The summed E-state index contributed by atoms with van der Waals surface area (Å²) in [4.78, 5) is 18.0. The molecule has 1 aromatic carbocycles. The second-order valence-corrected chi connectivity index (χ2v) is 7.37. The molecule has 2 aromatic rings. The Morgan fingerprint density at radius 2 is 2.16 bits per heavy atom. The highest BCUT2D eigenvalue weighted by atomic mass is 35.5. The molecule has 1 aliphatic heterocycles. The van der Waals surface area contributed by atoms with E-state index in [1.165, 1.54) is 0 Å². The van der Waals surface area contributed by atoms with Crippen molar-refractivity contribution in [2.45, 2.75) is 32.4 Å². The third-order valence-corrected chi connectivity index (χ3v) is 5.16. The van der Waals surface area contributed by atoms with Crippen LogP contribution in [0.15, 0.2) is 29.6 Å². The number of thiazole rings is 1. The van der Waals surface area contributed by atoms with Gasteiger partial charge in [0.05, 0.1) is 5.69 Å². The molecule has 1 saturated heterocycles. The molecule has 3 rings (SSSR count). The number of hydrogen-bond donors (Lipinski definition) is 1. The minimum atomic E-state index is 0.296. The number of nitrogens with one attached hydrogen (secondary N) is 1. The summed E-state index contributed by atoms with van der Waals surface area (Å²) in [5.41, 5.74) is 1.02. The highest BCUT2D eigenvalue weighted by Gasteiger charge is 2.18. The minimum absolute atomic E-state index is 0.296. The summed E-state index contributed by atoms with van der Waals surface area (Å²) in [6, 6.07) is 7.32. The van der Waals surface area contributed by atoms with Crippen LogP contribution in [0.5, 0.6) is 5.75 Å². The van der Waals surface area contributed by atoms with Crippen molar-refractivity contribution in [3.8, 4) is 5.75 Å². The standard InChI is InChI=1S/C18H22ClN3O2S/c19-14-4-6-16(7-5-14)24-12-17-21-15(13-25-17)11-20-8-2-10-22-9-1-3-18(22)23/h4-7,13,20H,1-3,8-12H2. The average Bonchev–Trinajstić information content (AvgIpc) is 3.23. The molecular formula is C18H22ClN3O2S.